The predicted octanol–water partition coefficient (Wildman–Crippen LogP) is 2.83. The van der Waals surface area contributed by atoms with Crippen molar-refractivity contribution in [1.82, 2.24) is 5.32 Å². The molecule has 1 N–H and O–H groups in total. The second-order valence-corrected chi connectivity index (χ2v) is 6.11. The van der Waals surface area contributed by atoms with Gasteiger partial charge in [-0.3, -0.25) is 0 Å². The molecule has 2 rings (SSSR count). The zero-order chi connectivity index (χ0) is 11.5. The molecule has 0 aromatic rings. The fourth-order valence-electron chi connectivity index (χ4n) is 3.20. The maximum absolute atomic E-state index is 6.12. The molecule has 2 fully saturated rings. The summed E-state index contributed by atoms with van der Waals surface area (Å²) >= 11 is 0. The first-order valence-electron chi connectivity index (χ1n) is 6.98. The van der Waals surface area contributed by atoms with Crippen LogP contribution < -0.4 is 5.32 Å². The van der Waals surface area contributed by atoms with Gasteiger partial charge in [0.15, 0.2) is 0 Å². The van der Waals surface area contributed by atoms with Crippen LogP contribution in [0.5, 0.6) is 0 Å². The molecule has 2 aliphatic carbocycles. The van der Waals surface area contributed by atoms with Crippen LogP contribution in [0.1, 0.15) is 46.0 Å². The van der Waals surface area contributed by atoms with Crippen LogP contribution in [0.25, 0.3) is 0 Å². The van der Waals surface area contributed by atoms with Crippen molar-refractivity contribution >= 4 is 0 Å². The monoisotopic (exact) mass is 225 g/mol. The molecule has 94 valence electrons. The number of likely N-dealkylation sites (N-methyl/N-ethyl adjacent to an activating group) is 1. The first kappa shape index (κ1) is 12.4. The Morgan fingerprint density at radius 3 is 2.25 bits per heavy atom. The lowest BCUT2D eigenvalue weighted by Gasteiger charge is -2.32. The highest BCUT2D eigenvalue weighted by atomic mass is 16.5. The van der Waals surface area contributed by atoms with Crippen LogP contribution in [-0.2, 0) is 4.74 Å². The van der Waals surface area contributed by atoms with Crippen LogP contribution >= 0.6 is 0 Å². The Morgan fingerprint density at radius 2 is 1.75 bits per heavy atom. The molecule has 2 aliphatic rings. The number of hydrogen-bond acceptors (Lipinski definition) is 2. The van der Waals surface area contributed by atoms with Crippen molar-refractivity contribution in [2.75, 3.05) is 13.7 Å². The zero-order valence-corrected chi connectivity index (χ0v) is 11.0. The third kappa shape index (κ3) is 3.46. The third-order valence-corrected chi connectivity index (χ3v) is 4.21. The Balaban J connectivity index is 1.71. The van der Waals surface area contributed by atoms with Crippen molar-refractivity contribution in [3.63, 3.8) is 0 Å². The summed E-state index contributed by atoms with van der Waals surface area (Å²) in [6, 6.07) is 0.604. The minimum Gasteiger partial charge on any atom is -0.377 e. The Bertz CT molecular complexity index is 205. The van der Waals surface area contributed by atoms with Crippen molar-refractivity contribution in [3.05, 3.63) is 0 Å². The second kappa shape index (κ2) is 5.50. The molecule has 0 aromatic carbocycles. The van der Waals surface area contributed by atoms with E-state index in [-0.39, 0.29) is 0 Å². The van der Waals surface area contributed by atoms with Crippen LogP contribution in [0.15, 0.2) is 0 Å². The number of ether oxygens (including phenoxy) is 1. The van der Waals surface area contributed by atoms with E-state index in [0.29, 0.717) is 12.1 Å². The summed E-state index contributed by atoms with van der Waals surface area (Å²) in [5.41, 5.74) is 0. The summed E-state index contributed by atoms with van der Waals surface area (Å²) in [5, 5.41) is 3.40. The lowest BCUT2D eigenvalue weighted by atomic mass is 9.82. The maximum Gasteiger partial charge on any atom is 0.0625 e. The molecule has 0 spiro atoms. The van der Waals surface area contributed by atoms with Gasteiger partial charge in [0, 0.05) is 6.04 Å². The van der Waals surface area contributed by atoms with E-state index in [9.17, 15) is 0 Å². The van der Waals surface area contributed by atoms with Gasteiger partial charge in [0.05, 0.1) is 12.7 Å². The highest BCUT2D eigenvalue weighted by Gasteiger charge is 2.31. The number of hydrogen-bond donors (Lipinski definition) is 1. The molecule has 3 unspecified atom stereocenters. The van der Waals surface area contributed by atoms with Crippen LogP contribution in [-0.4, -0.2) is 25.8 Å². The first-order chi connectivity index (χ1) is 7.69. The van der Waals surface area contributed by atoms with Gasteiger partial charge in [-0.05, 0) is 56.9 Å². The molecule has 0 aromatic heterocycles. The zero-order valence-electron chi connectivity index (χ0n) is 11.0. The average Bonchev–Trinajstić information content (AvgIpc) is 3.01. The van der Waals surface area contributed by atoms with Gasteiger partial charge in [-0.25, -0.2) is 0 Å². The first-order valence-corrected chi connectivity index (χ1v) is 6.98. The van der Waals surface area contributed by atoms with Crippen molar-refractivity contribution in [2.24, 2.45) is 17.8 Å². The average molecular weight is 225 g/mol. The molecule has 2 heteroatoms. The predicted molar refractivity (Wildman–Crippen MR) is 67.5 cm³/mol. The highest BCUT2D eigenvalue weighted by molar-refractivity contribution is 4.86. The molecular formula is C14H27NO. The lowest BCUT2D eigenvalue weighted by Crippen LogP contribution is -2.36. The molecule has 0 heterocycles. The molecule has 0 bridgehead atoms. The molecule has 2 saturated carbocycles. The van der Waals surface area contributed by atoms with Gasteiger partial charge < -0.3 is 10.1 Å². The Labute approximate surface area is 100 Å². The smallest absolute Gasteiger partial charge is 0.0625 e. The molecule has 2 nitrogen and oxygen atoms in total. The largest absolute Gasteiger partial charge is 0.377 e. The van der Waals surface area contributed by atoms with E-state index in [1.807, 2.05) is 0 Å². The molecule has 3 atom stereocenters. The van der Waals surface area contributed by atoms with Crippen molar-refractivity contribution in [3.8, 4) is 0 Å². The minimum atomic E-state index is 0.522. The fourth-order valence-corrected chi connectivity index (χ4v) is 3.20. The van der Waals surface area contributed by atoms with E-state index in [4.69, 9.17) is 4.74 Å². The van der Waals surface area contributed by atoms with Gasteiger partial charge in [0.1, 0.15) is 0 Å². The Hall–Kier alpha value is -0.0800. The molecule has 0 saturated heterocycles. The van der Waals surface area contributed by atoms with Crippen molar-refractivity contribution < 1.29 is 4.74 Å². The number of nitrogens with one attached hydrogen (secondary N) is 1. The molecule has 16 heavy (non-hydrogen) atoms. The molecule has 0 aliphatic heterocycles. The SMILES string of the molecule is CNC(COC1CC(C)CC(C)C1)C1CC1. The quantitative estimate of drug-likeness (QED) is 0.777. The summed E-state index contributed by atoms with van der Waals surface area (Å²) in [6.07, 6.45) is 7.24. The van der Waals surface area contributed by atoms with Crippen molar-refractivity contribution in [2.45, 2.75) is 58.1 Å². The van der Waals surface area contributed by atoms with Gasteiger partial charge >= 0.3 is 0 Å². The summed E-state index contributed by atoms with van der Waals surface area (Å²) in [7, 11) is 2.07. The van der Waals surface area contributed by atoms with Crippen molar-refractivity contribution in [1.29, 1.82) is 0 Å². The van der Waals surface area contributed by atoms with Gasteiger partial charge in [0.2, 0.25) is 0 Å². The Kier molecular flexibility index (Phi) is 4.26. The lowest BCUT2D eigenvalue weighted by molar-refractivity contribution is -0.0105. The van der Waals surface area contributed by atoms with E-state index in [1.165, 1.54) is 32.1 Å². The van der Waals surface area contributed by atoms with E-state index >= 15 is 0 Å². The minimum absolute atomic E-state index is 0.522. The van der Waals surface area contributed by atoms with Crippen LogP contribution in [0.2, 0.25) is 0 Å². The van der Waals surface area contributed by atoms with Gasteiger partial charge in [-0.2, -0.15) is 0 Å². The van der Waals surface area contributed by atoms with Gasteiger partial charge in [-0.15, -0.1) is 0 Å². The van der Waals surface area contributed by atoms with E-state index < -0.39 is 0 Å². The Morgan fingerprint density at radius 1 is 1.12 bits per heavy atom. The summed E-state index contributed by atoms with van der Waals surface area (Å²) in [6.45, 7) is 5.65. The summed E-state index contributed by atoms with van der Waals surface area (Å²) < 4.78 is 6.12. The molecule has 0 amide bonds. The van der Waals surface area contributed by atoms with Crippen LogP contribution in [0.3, 0.4) is 0 Å². The standard InChI is InChI=1S/C14H27NO/c1-10-6-11(2)8-13(7-10)16-9-14(15-3)12-4-5-12/h10-15H,4-9H2,1-3H3. The topological polar surface area (TPSA) is 21.3 Å². The third-order valence-electron chi connectivity index (χ3n) is 4.21. The summed E-state index contributed by atoms with van der Waals surface area (Å²) in [5.74, 6) is 2.59. The van der Waals surface area contributed by atoms with E-state index in [1.54, 1.807) is 0 Å². The van der Waals surface area contributed by atoms with Crippen LogP contribution in [0.4, 0.5) is 0 Å². The maximum atomic E-state index is 6.12. The number of rotatable bonds is 5. The summed E-state index contributed by atoms with van der Waals surface area (Å²) in [4.78, 5) is 0. The molecule has 0 radical (unpaired) electrons. The van der Waals surface area contributed by atoms with Gasteiger partial charge in [0.25, 0.3) is 0 Å². The second-order valence-electron chi connectivity index (χ2n) is 6.11. The normalized spacial score (nSPS) is 37.3. The van der Waals surface area contributed by atoms with E-state index in [0.717, 1.165) is 24.4 Å². The molecular weight excluding hydrogens is 198 g/mol. The van der Waals surface area contributed by atoms with Gasteiger partial charge in [-0.1, -0.05) is 13.8 Å². The highest BCUT2D eigenvalue weighted by Crippen LogP contribution is 2.34. The van der Waals surface area contributed by atoms with E-state index in [2.05, 4.69) is 26.2 Å². The fraction of sp³-hybridized carbons (Fsp3) is 1.00. The van der Waals surface area contributed by atoms with Crippen LogP contribution in [0, 0.1) is 17.8 Å².